The molecule has 2 atom stereocenters. The van der Waals surface area contributed by atoms with Gasteiger partial charge >= 0.3 is 0 Å². The molecule has 1 aliphatic carbocycles. The molecule has 37 heavy (non-hydrogen) atoms. The number of aromatic nitrogens is 3. The minimum absolute atomic E-state index is 0.0964. The third-order valence-electron chi connectivity index (χ3n) is 7.52. The number of amides is 1. The smallest absolute Gasteiger partial charge is 0.252 e. The molecule has 1 amide bonds. The Morgan fingerprint density at radius 2 is 2.05 bits per heavy atom. The molecule has 2 aromatic carbocycles. The largest absolute Gasteiger partial charge is 0.493 e. The van der Waals surface area contributed by atoms with E-state index in [9.17, 15) is 4.79 Å². The van der Waals surface area contributed by atoms with Gasteiger partial charge in [0.05, 0.1) is 27.0 Å². The lowest BCUT2D eigenvalue weighted by Gasteiger charge is -2.41. The van der Waals surface area contributed by atoms with Crippen LogP contribution in [0.4, 0.5) is 0 Å². The van der Waals surface area contributed by atoms with Gasteiger partial charge in [-0.25, -0.2) is 0 Å². The Labute approximate surface area is 223 Å². The highest BCUT2D eigenvalue weighted by molar-refractivity contribution is 7.14. The zero-order chi connectivity index (χ0) is 25.7. The van der Waals surface area contributed by atoms with E-state index in [2.05, 4.69) is 60.9 Å². The van der Waals surface area contributed by atoms with Crippen LogP contribution >= 0.6 is 11.3 Å². The van der Waals surface area contributed by atoms with Crippen molar-refractivity contribution in [1.82, 2.24) is 25.4 Å². The second kappa shape index (κ2) is 9.31. The molecule has 3 heterocycles. The number of ether oxygens (including phenoxy) is 1. The number of likely N-dealkylation sites (tertiary alicyclic amines) is 1. The number of nitrogens with zero attached hydrogens (tertiary/aromatic N) is 4. The third-order valence-corrected chi connectivity index (χ3v) is 8.91. The molecule has 187 valence electrons. The van der Waals surface area contributed by atoms with E-state index in [1.54, 1.807) is 17.5 Å². The number of aryl methyl sites for hydroxylation is 2. The van der Waals surface area contributed by atoms with E-state index in [1.807, 2.05) is 38.1 Å². The molecule has 0 spiro atoms. The average Bonchev–Trinajstić information content (AvgIpc) is 3.52. The lowest BCUT2D eigenvalue weighted by Crippen LogP contribution is -2.53. The summed E-state index contributed by atoms with van der Waals surface area (Å²) in [6.45, 7) is 4.98. The third kappa shape index (κ3) is 4.56. The van der Waals surface area contributed by atoms with Gasteiger partial charge in [-0.1, -0.05) is 23.5 Å². The zero-order valence-electron chi connectivity index (χ0n) is 21.1. The Morgan fingerprint density at radius 3 is 2.73 bits per heavy atom. The molecule has 1 N–H and O–H groups in total. The lowest BCUT2D eigenvalue weighted by molar-refractivity contribution is 0.0562. The number of fused-ring (bicyclic) bond motifs is 1. The summed E-state index contributed by atoms with van der Waals surface area (Å²) in [5.74, 6) is 0.588. The van der Waals surface area contributed by atoms with Crippen LogP contribution in [0, 0.1) is 13.8 Å². The molecule has 7 nitrogen and oxygen atoms in total. The highest BCUT2D eigenvalue weighted by Gasteiger charge is 2.47. The summed E-state index contributed by atoms with van der Waals surface area (Å²) in [6.07, 6.45) is 4.62. The number of carbonyl (C=O) groups excluding carboxylic acids is 1. The minimum Gasteiger partial charge on any atom is -0.493 e. The van der Waals surface area contributed by atoms with Gasteiger partial charge in [0.1, 0.15) is 15.8 Å². The summed E-state index contributed by atoms with van der Waals surface area (Å²) in [7, 11) is 5.82. The molecule has 1 saturated heterocycles. The van der Waals surface area contributed by atoms with Gasteiger partial charge in [0, 0.05) is 28.8 Å². The van der Waals surface area contributed by atoms with Crippen LogP contribution in [-0.2, 0) is 5.54 Å². The Kier molecular flexibility index (Phi) is 6.09. The van der Waals surface area contributed by atoms with E-state index in [-0.39, 0.29) is 11.6 Å². The fourth-order valence-corrected chi connectivity index (χ4v) is 6.29. The molecule has 4 aromatic rings. The first-order valence-corrected chi connectivity index (χ1v) is 13.9. The van der Waals surface area contributed by atoms with Crippen LogP contribution in [0.25, 0.3) is 21.5 Å². The maximum absolute atomic E-state index is 13.7. The molecule has 1 saturated carbocycles. The van der Waals surface area contributed by atoms with Crippen LogP contribution in [0.2, 0.25) is 0 Å². The number of nitrogens with one attached hydrogen (secondary N) is 1. The van der Waals surface area contributed by atoms with E-state index in [0.717, 1.165) is 63.4 Å². The van der Waals surface area contributed by atoms with Crippen molar-refractivity contribution in [2.75, 3.05) is 13.6 Å². The first-order valence-electron chi connectivity index (χ1n) is 12.5. The van der Waals surface area contributed by atoms with Crippen molar-refractivity contribution in [1.29, 1.82) is 0 Å². The summed E-state index contributed by atoms with van der Waals surface area (Å²) >= 11 is 1.56. The number of rotatable bonds is 7. The fourth-order valence-electron chi connectivity index (χ4n) is 5.05. The van der Waals surface area contributed by atoms with Crippen LogP contribution in [0.5, 0.6) is 5.75 Å². The molecule has 1 unspecified atom stereocenters. The van der Waals surface area contributed by atoms with Crippen LogP contribution in [0.1, 0.15) is 45.8 Å². The van der Waals surface area contributed by atoms with Crippen molar-refractivity contribution in [3.63, 3.8) is 0 Å². The first-order chi connectivity index (χ1) is 17.8. The zero-order valence-corrected chi connectivity index (χ0v) is 22.9. The van der Waals surface area contributed by atoms with Gasteiger partial charge in [-0.3, -0.25) is 9.78 Å². The molecule has 6 rings (SSSR count). The first kappa shape index (κ1) is 24.2. The maximum Gasteiger partial charge on any atom is 0.252 e. The number of carbonyl (C=O) groups is 1. The van der Waals surface area contributed by atoms with Crippen molar-refractivity contribution >= 4 is 38.4 Å². The molecular formula is C28H28N5O2SSi. The van der Waals surface area contributed by atoms with Crippen molar-refractivity contribution < 1.29 is 9.53 Å². The topological polar surface area (TPSA) is 80.2 Å². The van der Waals surface area contributed by atoms with Crippen molar-refractivity contribution in [2.24, 2.45) is 0 Å². The van der Waals surface area contributed by atoms with Gasteiger partial charge in [-0.15, -0.1) is 10.2 Å². The Hall–Kier alpha value is -3.14. The summed E-state index contributed by atoms with van der Waals surface area (Å²) in [5.41, 5.74) is 3.91. The standard InChI is InChI=1S/C28H28N5O2SSi/c1-16-6-7-19(35-27(37)24-8-12-33(24)3)15-21(16)25(34)30-28(9-10-28)22-13-18(26-32-31-17(2)36-26)14-23-20(22)5-4-11-29-23/h4-7,11,13-15,24,27H,8-10,12H2,1-3H3,(H,30,34)/t24-,27?/m0/s1. The summed E-state index contributed by atoms with van der Waals surface area (Å²) < 4.78 is 6.16. The molecule has 3 radical (unpaired) electrons. The van der Waals surface area contributed by atoms with Crippen molar-refractivity contribution in [2.45, 2.75) is 50.4 Å². The van der Waals surface area contributed by atoms with Gasteiger partial charge in [0.25, 0.3) is 5.91 Å². The van der Waals surface area contributed by atoms with Crippen molar-refractivity contribution in [3.05, 3.63) is 70.4 Å². The second-order valence-electron chi connectivity index (χ2n) is 10.1. The average molecular weight is 527 g/mol. The molecule has 0 bridgehead atoms. The van der Waals surface area contributed by atoms with Crippen LogP contribution in [0.15, 0.2) is 48.7 Å². The van der Waals surface area contributed by atoms with Crippen LogP contribution in [0.3, 0.4) is 0 Å². The number of pyridine rings is 1. The van der Waals surface area contributed by atoms with Gasteiger partial charge in [-0.05, 0) is 88.2 Å². The quantitative estimate of drug-likeness (QED) is 0.360. The fraction of sp³-hybridized carbons (Fsp3) is 0.357. The van der Waals surface area contributed by atoms with Gasteiger partial charge in [-0.2, -0.15) is 0 Å². The van der Waals surface area contributed by atoms with Crippen LogP contribution in [-0.4, -0.2) is 61.6 Å². The Balaban J connectivity index is 1.30. The number of hydrogen-bond acceptors (Lipinski definition) is 7. The lowest BCUT2D eigenvalue weighted by atomic mass is 9.96. The summed E-state index contributed by atoms with van der Waals surface area (Å²) in [6, 6.07) is 14.3. The number of likely N-dealkylation sites (N-methyl/N-ethyl adjacent to an activating group) is 1. The minimum atomic E-state index is -0.441. The second-order valence-corrected chi connectivity index (χ2v) is 11.9. The van der Waals surface area contributed by atoms with E-state index >= 15 is 0 Å². The molecule has 9 heteroatoms. The van der Waals surface area contributed by atoms with Gasteiger partial charge in [0.2, 0.25) is 0 Å². The number of hydrogen-bond donors (Lipinski definition) is 1. The molecular weight excluding hydrogens is 498 g/mol. The SMILES string of the molecule is Cc1nnc(-c2cc(C3(NC(=O)c4cc(OC([Si])[C@@H]5CCN5C)ccc4C)CC3)c3cccnc3c2)s1. The van der Waals surface area contributed by atoms with Crippen LogP contribution < -0.4 is 10.1 Å². The predicted octanol–water partition coefficient (Wildman–Crippen LogP) is 4.37. The Morgan fingerprint density at radius 1 is 1.22 bits per heavy atom. The normalized spacial score (nSPS) is 19.3. The molecule has 2 aromatic heterocycles. The van der Waals surface area contributed by atoms with Gasteiger partial charge < -0.3 is 15.0 Å². The summed E-state index contributed by atoms with van der Waals surface area (Å²) in [4.78, 5) is 20.5. The van der Waals surface area contributed by atoms with E-state index < -0.39 is 5.54 Å². The van der Waals surface area contributed by atoms with Gasteiger partial charge in [0.15, 0.2) is 0 Å². The monoisotopic (exact) mass is 526 g/mol. The highest BCUT2D eigenvalue weighted by atomic mass is 32.1. The molecule has 2 fully saturated rings. The van der Waals surface area contributed by atoms with E-state index in [1.165, 1.54) is 0 Å². The number of benzene rings is 2. The molecule has 2 aliphatic rings. The predicted molar refractivity (Wildman–Crippen MR) is 146 cm³/mol. The maximum atomic E-state index is 13.7. The highest BCUT2D eigenvalue weighted by Crippen LogP contribution is 2.49. The van der Waals surface area contributed by atoms with Crippen molar-refractivity contribution in [3.8, 4) is 16.3 Å². The summed E-state index contributed by atoms with van der Waals surface area (Å²) in [5, 5.41) is 14.7. The van der Waals surface area contributed by atoms with E-state index in [0.29, 0.717) is 17.4 Å². The molecule has 1 aliphatic heterocycles. The Bertz CT molecular complexity index is 1500. The van der Waals surface area contributed by atoms with E-state index in [4.69, 9.17) is 4.74 Å².